The topological polar surface area (TPSA) is 60.2 Å². The third kappa shape index (κ3) is 3.78. The van der Waals surface area contributed by atoms with Crippen LogP contribution >= 0.6 is 0 Å². The lowest BCUT2D eigenvalue weighted by Gasteiger charge is -2.19. The van der Waals surface area contributed by atoms with E-state index in [0.29, 0.717) is 5.92 Å². The summed E-state index contributed by atoms with van der Waals surface area (Å²) in [5, 5.41) is 7.43. The molecule has 0 aliphatic carbocycles. The molecule has 1 aliphatic rings. The Kier molecular flexibility index (Phi) is 4.94. The molecule has 1 unspecified atom stereocenters. The maximum atomic E-state index is 5.28. The highest BCUT2D eigenvalue weighted by atomic mass is 16.5. The molecule has 0 spiro atoms. The molecule has 2 rings (SSSR count). The number of piperidine rings is 1. The van der Waals surface area contributed by atoms with Crippen LogP contribution in [0.3, 0.4) is 0 Å². The number of ether oxygens (including phenoxy) is 1. The summed E-state index contributed by atoms with van der Waals surface area (Å²) in [7, 11) is 0. The second-order valence-electron chi connectivity index (χ2n) is 4.39. The van der Waals surface area contributed by atoms with E-state index in [1.807, 2.05) is 6.92 Å². The standard InChI is InChI=1S/C12H21N3O2/c1-2-16-8-4-6-11-14-12(15-17-11)10-5-3-7-13-9-10/h10,13H,2-9H2,1H3. The summed E-state index contributed by atoms with van der Waals surface area (Å²) in [6.07, 6.45) is 4.11. The van der Waals surface area contributed by atoms with E-state index in [4.69, 9.17) is 9.26 Å². The summed E-state index contributed by atoms with van der Waals surface area (Å²) >= 11 is 0. The van der Waals surface area contributed by atoms with Gasteiger partial charge in [-0.3, -0.25) is 0 Å². The molecular weight excluding hydrogens is 218 g/mol. The normalized spacial score (nSPS) is 20.6. The van der Waals surface area contributed by atoms with Crippen LogP contribution in [0, 0.1) is 0 Å². The molecule has 96 valence electrons. The molecule has 1 fully saturated rings. The zero-order chi connectivity index (χ0) is 11.9. The molecule has 0 saturated carbocycles. The van der Waals surface area contributed by atoms with Gasteiger partial charge in [-0.05, 0) is 32.7 Å². The van der Waals surface area contributed by atoms with Gasteiger partial charge >= 0.3 is 0 Å². The fraction of sp³-hybridized carbons (Fsp3) is 0.833. The predicted octanol–water partition coefficient (Wildman–Crippen LogP) is 1.51. The van der Waals surface area contributed by atoms with Gasteiger partial charge in [0.2, 0.25) is 5.89 Å². The summed E-state index contributed by atoms with van der Waals surface area (Å²) in [6.45, 7) is 5.61. The maximum absolute atomic E-state index is 5.28. The highest BCUT2D eigenvalue weighted by molar-refractivity contribution is 4.98. The van der Waals surface area contributed by atoms with Crippen molar-refractivity contribution in [3.63, 3.8) is 0 Å². The summed E-state index contributed by atoms with van der Waals surface area (Å²) in [5.74, 6) is 2.03. The Hall–Kier alpha value is -0.940. The van der Waals surface area contributed by atoms with Gasteiger partial charge in [-0.15, -0.1) is 0 Å². The Balaban J connectivity index is 1.78. The van der Waals surface area contributed by atoms with E-state index in [1.54, 1.807) is 0 Å². The van der Waals surface area contributed by atoms with Gasteiger partial charge in [0.1, 0.15) is 0 Å². The molecule has 1 N–H and O–H groups in total. The molecule has 1 aromatic heterocycles. The van der Waals surface area contributed by atoms with E-state index in [-0.39, 0.29) is 0 Å². The maximum Gasteiger partial charge on any atom is 0.226 e. The summed E-state index contributed by atoms with van der Waals surface area (Å²) in [6, 6.07) is 0. The number of rotatable bonds is 6. The highest BCUT2D eigenvalue weighted by Crippen LogP contribution is 2.20. The zero-order valence-electron chi connectivity index (χ0n) is 10.4. The van der Waals surface area contributed by atoms with E-state index >= 15 is 0 Å². The lowest BCUT2D eigenvalue weighted by Crippen LogP contribution is -2.28. The predicted molar refractivity (Wildman–Crippen MR) is 64.0 cm³/mol. The fourth-order valence-electron chi connectivity index (χ4n) is 2.08. The van der Waals surface area contributed by atoms with Crippen LogP contribution in [-0.4, -0.2) is 36.4 Å². The van der Waals surface area contributed by atoms with Crippen molar-refractivity contribution in [2.24, 2.45) is 0 Å². The van der Waals surface area contributed by atoms with Gasteiger partial charge in [0.15, 0.2) is 5.82 Å². The van der Waals surface area contributed by atoms with E-state index in [9.17, 15) is 0 Å². The molecule has 5 nitrogen and oxygen atoms in total. The molecule has 5 heteroatoms. The van der Waals surface area contributed by atoms with E-state index < -0.39 is 0 Å². The van der Waals surface area contributed by atoms with Crippen molar-refractivity contribution in [2.75, 3.05) is 26.3 Å². The second kappa shape index (κ2) is 6.71. The van der Waals surface area contributed by atoms with Crippen molar-refractivity contribution < 1.29 is 9.26 Å². The van der Waals surface area contributed by atoms with Gasteiger partial charge in [0.25, 0.3) is 0 Å². The molecular formula is C12H21N3O2. The minimum atomic E-state index is 0.424. The Morgan fingerprint density at radius 1 is 1.53 bits per heavy atom. The van der Waals surface area contributed by atoms with Crippen LogP contribution < -0.4 is 5.32 Å². The van der Waals surface area contributed by atoms with Gasteiger partial charge in [-0.25, -0.2) is 0 Å². The number of aryl methyl sites for hydroxylation is 1. The summed E-state index contributed by atoms with van der Waals surface area (Å²) < 4.78 is 10.5. The van der Waals surface area contributed by atoms with Gasteiger partial charge < -0.3 is 14.6 Å². The van der Waals surface area contributed by atoms with Crippen LogP contribution in [-0.2, 0) is 11.2 Å². The molecule has 1 saturated heterocycles. The molecule has 1 atom stereocenters. The summed E-state index contributed by atoms with van der Waals surface area (Å²) in [4.78, 5) is 4.46. The number of nitrogens with zero attached hydrogens (tertiary/aromatic N) is 2. The fourth-order valence-corrected chi connectivity index (χ4v) is 2.08. The van der Waals surface area contributed by atoms with Crippen LogP contribution in [0.2, 0.25) is 0 Å². The van der Waals surface area contributed by atoms with Crippen LogP contribution in [0.25, 0.3) is 0 Å². The molecule has 0 radical (unpaired) electrons. The minimum Gasteiger partial charge on any atom is -0.382 e. The largest absolute Gasteiger partial charge is 0.382 e. The van der Waals surface area contributed by atoms with Crippen molar-refractivity contribution in [3.05, 3.63) is 11.7 Å². The number of nitrogens with one attached hydrogen (secondary N) is 1. The first kappa shape index (κ1) is 12.5. The minimum absolute atomic E-state index is 0.424. The van der Waals surface area contributed by atoms with Gasteiger partial charge in [0.05, 0.1) is 0 Å². The monoisotopic (exact) mass is 239 g/mol. The van der Waals surface area contributed by atoms with Crippen LogP contribution in [0.15, 0.2) is 4.52 Å². The van der Waals surface area contributed by atoms with Gasteiger partial charge in [-0.2, -0.15) is 4.98 Å². The van der Waals surface area contributed by atoms with E-state index in [2.05, 4.69) is 15.5 Å². The third-order valence-electron chi connectivity index (χ3n) is 3.03. The first-order chi connectivity index (χ1) is 8.40. The molecule has 0 amide bonds. The molecule has 1 aromatic rings. The lowest BCUT2D eigenvalue weighted by molar-refractivity contribution is 0.143. The third-order valence-corrected chi connectivity index (χ3v) is 3.03. The van der Waals surface area contributed by atoms with Crippen molar-refractivity contribution in [3.8, 4) is 0 Å². The van der Waals surface area contributed by atoms with Crippen LogP contribution in [0.4, 0.5) is 0 Å². The Morgan fingerprint density at radius 2 is 2.47 bits per heavy atom. The Bertz CT molecular complexity index is 321. The van der Waals surface area contributed by atoms with E-state index in [0.717, 1.165) is 57.3 Å². The number of hydrogen-bond donors (Lipinski definition) is 1. The van der Waals surface area contributed by atoms with E-state index in [1.165, 1.54) is 6.42 Å². The molecule has 1 aliphatic heterocycles. The SMILES string of the molecule is CCOCCCc1nc(C2CCCNC2)no1. The van der Waals surface area contributed by atoms with Crippen LogP contribution in [0.1, 0.15) is 43.8 Å². The number of hydrogen-bond acceptors (Lipinski definition) is 5. The Morgan fingerprint density at radius 3 is 3.24 bits per heavy atom. The molecule has 0 bridgehead atoms. The summed E-state index contributed by atoms with van der Waals surface area (Å²) in [5.41, 5.74) is 0. The smallest absolute Gasteiger partial charge is 0.226 e. The van der Waals surface area contributed by atoms with Crippen molar-refractivity contribution in [1.82, 2.24) is 15.5 Å². The quantitative estimate of drug-likeness (QED) is 0.762. The molecule has 17 heavy (non-hydrogen) atoms. The highest BCUT2D eigenvalue weighted by Gasteiger charge is 2.20. The average molecular weight is 239 g/mol. The first-order valence-electron chi connectivity index (χ1n) is 6.51. The van der Waals surface area contributed by atoms with Crippen molar-refractivity contribution in [1.29, 1.82) is 0 Å². The van der Waals surface area contributed by atoms with Gasteiger partial charge in [-0.1, -0.05) is 5.16 Å². The van der Waals surface area contributed by atoms with Crippen molar-refractivity contribution >= 4 is 0 Å². The molecule has 0 aromatic carbocycles. The second-order valence-corrected chi connectivity index (χ2v) is 4.39. The first-order valence-corrected chi connectivity index (χ1v) is 6.51. The zero-order valence-corrected chi connectivity index (χ0v) is 10.4. The number of aromatic nitrogens is 2. The average Bonchev–Trinajstić information content (AvgIpc) is 2.85. The Labute approximate surface area is 102 Å². The molecule has 2 heterocycles. The lowest BCUT2D eigenvalue weighted by atomic mass is 9.99. The van der Waals surface area contributed by atoms with Gasteiger partial charge in [0, 0.05) is 32.1 Å². The van der Waals surface area contributed by atoms with Crippen molar-refractivity contribution in [2.45, 2.75) is 38.5 Å². The van der Waals surface area contributed by atoms with Crippen LogP contribution in [0.5, 0.6) is 0 Å².